The number of hydrogen-bond acceptors (Lipinski definition) is 3. The van der Waals surface area contributed by atoms with E-state index < -0.39 is 0 Å². The Morgan fingerprint density at radius 1 is 0.469 bits per heavy atom. The average Bonchev–Trinajstić information content (AvgIpc) is 3.45. The summed E-state index contributed by atoms with van der Waals surface area (Å²) in [5.41, 5.74) is 12.6. The highest BCUT2D eigenvalue weighted by Crippen LogP contribution is 2.37. The fraction of sp³-hybridized carbons (Fsp3) is 0.0435. The minimum atomic E-state index is 0.684. The Kier molecular flexibility index (Phi) is 7.09. The van der Waals surface area contributed by atoms with Crippen molar-refractivity contribution in [1.82, 2.24) is 0 Å². The molecular weight excluding hydrogens is 597 g/mol. The molecule has 0 radical (unpaired) electrons. The third-order valence-corrected chi connectivity index (χ3v) is 9.47. The second-order valence-electron chi connectivity index (χ2n) is 12.7. The van der Waals surface area contributed by atoms with Gasteiger partial charge in [-0.15, -0.1) is 0 Å². The molecular formula is C46H32N2O. The minimum absolute atomic E-state index is 0.684. The second-order valence-corrected chi connectivity index (χ2v) is 12.7. The van der Waals surface area contributed by atoms with Crippen LogP contribution >= 0.6 is 0 Å². The molecule has 7 aromatic carbocycles. The number of amidine groups is 1. The Labute approximate surface area is 285 Å². The highest BCUT2D eigenvalue weighted by atomic mass is 16.3. The molecule has 0 fully saturated rings. The third-order valence-electron chi connectivity index (χ3n) is 9.47. The van der Waals surface area contributed by atoms with Crippen LogP contribution in [-0.4, -0.2) is 11.5 Å². The highest BCUT2D eigenvalue weighted by molar-refractivity contribution is 6.23. The molecule has 0 saturated carbocycles. The van der Waals surface area contributed by atoms with Crippen LogP contribution in [0.2, 0.25) is 0 Å². The van der Waals surface area contributed by atoms with Gasteiger partial charge in [0.25, 0.3) is 0 Å². The van der Waals surface area contributed by atoms with Crippen molar-refractivity contribution in [2.75, 3.05) is 0 Å². The van der Waals surface area contributed by atoms with Crippen molar-refractivity contribution in [3.63, 3.8) is 0 Å². The minimum Gasteiger partial charge on any atom is -0.456 e. The summed E-state index contributed by atoms with van der Waals surface area (Å²) in [5.74, 6) is 0.685. The van der Waals surface area contributed by atoms with Crippen LogP contribution in [0, 0.1) is 0 Å². The molecule has 1 aliphatic heterocycles. The molecule has 0 bridgehead atoms. The molecule has 0 unspecified atom stereocenters. The van der Waals surface area contributed by atoms with E-state index in [1.807, 2.05) is 24.3 Å². The highest BCUT2D eigenvalue weighted by Gasteiger charge is 2.21. The van der Waals surface area contributed by atoms with Crippen LogP contribution < -0.4 is 0 Å². The summed E-state index contributed by atoms with van der Waals surface area (Å²) < 4.78 is 6.50. The van der Waals surface area contributed by atoms with Gasteiger partial charge in [0, 0.05) is 28.3 Å². The molecule has 8 aromatic rings. The number of allylic oxidation sites excluding steroid dienone is 1. The van der Waals surface area contributed by atoms with Gasteiger partial charge < -0.3 is 4.42 Å². The van der Waals surface area contributed by atoms with Gasteiger partial charge in [-0.2, -0.15) is 0 Å². The van der Waals surface area contributed by atoms with Gasteiger partial charge in [-0.05, 0) is 81.4 Å². The topological polar surface area (TPSA) is 37.9 Å². The molecule has 1 aromatic heterocycles. The number of hydrogen-bond donors (Lipinski definition) is 0. The maximum absolute atomic E-state index is 6.50. The van der Waals surface area contributed by atoms with Gasteiger partial charge in [0.1, 0.15) is 11.2 Å². The SMILES string of the molecule is CC1=C(c2ccccc2)N=C(c2cccc3oc4cc(-c5ccccc5)ccc4c23)N=C(c2ccc3ccc(-c4ccccc4)cc3c2)C1. The van der Waals surface area contributed by atoms with Crippen molar-refractivity contribution >= 4 is 50.0 Å². The summed E-state index contributed by atoms with van der Waals surface area (Å²) in [6.45, 7) is 2.18. The first-order chi connectivity index (χ1) is 24.2. The standard InChI is InChI=1S/C46H32N2O/c1-30-26-41(37-23-21-33-20-22-35(27-38(33)28-37)31-12-5-2-6-13-31)47-46(48-45(30)34-16-9-4-10-17-34)40-18-11-19-42-44(40)39-25-24-36(29-43(39)49-42)32-14-7-3-8-15-32/h2-25,27-29H,26H2,1H3. The van der Waals surface area contributed by atoms with Gasteiger partial charge in [-0.25, -0.2) is 9.98 Å². The van der Waals surface area contributed by atoms with E-state index in [2.05, 4.69) is 146 Å². The van der Waals surface area contributed by atoms with E-state index in [0.29, 0.717) is 12.3 Å². The third kappa shape index (κ3) is 5.36. The van der Waals surface area contributed by atoms with Crippen LogP contribution in [0.4, 0.5) is 0 Å². The Bertz CT molecular complexity index is 2610. The van der Waals surface area contributed by atoms with Crippen LogP contribution in [0.5, 0.6) is 0 Å². The van der Waals surface area contributed by atoms with Crippen LogP contribution in [0.15, 0.2) is 184 Å². The summed E-state index contributed by atoms with van der Waals surface area (Å²) in [6, 6.07) is 57.4. The normalized spacial score (nSPS) is 13.5. The molecule has 3 heteroatoms. The van der Waals surface area contributed by atoms with E-state index in [-0.39, 0.29) is 0 Å². The maximum Gasteiger partial charge on any atom is 0.160 e. The summed E-state index contributed by atoms with van der Waals surface area (Å²) in [6.07, 6.45) is 0.684. The van der Waals surface area contributed by atoms with Crippen LogP contribution in [0.25, 0.3) is 60.7 Å². The molecule has 0 amide bonds. The average molecular weight is 629 g/mol. The molecule has 3 nitrogen and oxygen atoms in total. The molecule has 49 heavy (non-hydrogen) atoms. The maximum atomic E-state index is 6.50. The number of benzene rings is 7. The summed E-state index contributed by atoms with van der Waals surface area (Å²) >= 11 is 0. The van der Waals surface area contributed by atoms with Gasteiger partial charge >= 0.3 is 0 Å². The van der Waals surface area contributed by atoms with Crippen molar-refractivity contribution in [3.05, 3.63) is 186 Å². The van der Waals surface area contributed by atoms with E-state index in [1.165, 1.54) is 27.5 Å². The quantitative estimate of drug-likeness (QED) is 0.187. The molecule has 2 heterocycles. The largest absolute Gasteiger partial charge is 0.456 e. The predicted molar refractivity (Wildman–Crippen MR) is 205 cm³/mol. The monoisotopic (exact) mass is 628 g/mol. The molecule has 232 valence electrons. The Hall–Kier alpha value is -6.32. The fourth-order valence-corrected chi connectivity index (χ4v) is 6.98. The van der Waals surface area contributed by atoms with Crippen LogP contribution in [0.3, 0.4) is 0 Å². The zero-order chi connectivity index (χ0) is 32.7. The van der Waals surface area contributed by atoms with E-state index in [1.54, 1.807) is 0 Å². The Balaban J connectivity index is 1.22. The molecule has 1 aliphatic rings. The first kappa shape index (κ1) is 28.9. The lowest BCUT2D eigenvalue weighted by Crippen LogP contribution is -2.06. The fourth-order valence-electron chi connectivity index (χ4n) is 6.98. The molecule has 0 spiro atoms. The van der Waals surface area contributed by atoms with Gasteiger partial charge in [-0.3, -0.25) is 0 Å². The van der Waals surface area contributed by atoms with Crippen molar-refractivity contribution in [3.8, 4) is 22.3 Å². The number of fused-ring (bicyclic) bond motifs is 4. The number of aliphatic imine (C=N–C) groups is 2. The lowest BCUT2D eigenvalue weighted by atomic mass is 9.96. The first-order valence-electron chi connectivity index (χ1n) is 16.7. The van der Waals surface area contributed by atoms with Gasteiger partial charge in [0.05, 0.1) is 11.4 Å². The van der Waals surface area contributed by atoms with Gasteiger partial charge in [0.2, 0.25) is 0 Å². The number of furan rings is 1. The van der Waals surface area contributed by atoms with E-state index in [0.717, 1.165) is 61.2 Å². The lowest BCUT2D eigenvalue weighted by molar-refractivity contribution is 0.669. The van der Waals surface area contributed by atoms with Crippen LogP contribution in [0.1, 0.15) is 30.0 Å². The molecule has 0 atom stereocenters. The first-order valence-corrected chi connectivity index (χ1v) is 16.7. The van der Waals surface area contributed by atoms with E-state index in [4.69, 9.17) is 14.4 Å². The van der Waals surface area contributed by atoms with Crippen molar-refractivity contribution in [2.24, 2.45) is 9.98 Å². The summed E-state index contributed by atoms with van der Waals surface area (Å²) in [5, 5.41) is 4.46. The van der Waals surface area contributed by atoms with Crippen LogP contribution in [-0.2, 0) is 0 Å². The smallest absolute Gasteiger partial charge is 0.160 e. The lowest BCUT2D eigenvalue weighted by Gasteiger charge is -2.10. The molecule has 0 N–H and O–H groups in total. The van der Waals surface area contributed by atoms with Crippen molar-refractivity contribution < 1.29 is 4.42 Å². The zero-order valence-corrected chi connectivity index (χ0v) is 27.1. The Morgan fingerprint density at radius 2 is 1.08 bits per heavy atom. The molecule has 9 rings (SSSR count). The van der Waals surface area contributed by atoms with Gasteiger partial charge in [-0.1, -0.05) is 133 Å². The van der Waals surface area contributed by atoms with E-state index >= 15 is 0 Å². The summed E-state index contributed by atoms with van der Waals surface area (Å²) in [7, 11) is 0. The number of rotatable bonds is 5. The second kappa shape index (κ2) is 12.0. The molecule has 0 aliphatic carbocycles. The Morgan fingerprint density at radius 3 is 1.80 bits per heavy atom. The molecule has 0 saturated heterocycles. The summed E-state index contributed by atoms with van der Waals surface area (Å²) in [4.78, 5) is 10.8. The van der Waals surface area contributed by atoms with E-state index in [9.17, 15) is 0 Å². The van der Waals surface area contributed by atoms with Gasteiger partial charge in [0.15, 0.2) is 5.84 Å². The zero-order valence-electron chi connectivity index (χ0n) is 27.1. The predicted octanol–water partition coefficient (Wildman–Crippen LogP) is 12.1. The van der Waals surface area contributed by atoms with Crippen molar-refractivity contribution in [2.45, 2.75) is 13.3 Å². The number of nitrogens with zero attached hydrogens (tertiary/aromatic N) is 2. The van der Waals surface area contributed by atoms with Crippen molar-refractivity contribution in [1.29, 1.82) is 0 Å².